The second-order valence-corrected chi connectivity index (χ2v) is 7.61. The van der Waals surface area contributed by atoms with Crippen LogP contribution in [0.15, 0.2) is 23.7 Å². The second kappa shape index (κ2) is 11.3. The standard InChI is InChI=1S/C20H32N10.HI/c1-7-21-20(28(4)11-15-12-29(5)27-17(15)14(2)3)23-9-8-22-18-16-10-26-30(6)19(16)25-13-24-18;/h10,12-14H,7-9,11H2,1-6H3,(H,21,23)(H,22,24,25);1H. The molecule has 0 unspecified atom stereocenters. The van der Waals surface area contributed by atoms with Crippen LogP contribution in [0.1, 0.15) is 37.9 Å². The second-order valence-electron chi connectivity index (χ2n) is 7.61. The Labute approximate surface area is 200 Å². The number of anilines is 1. The molecule has 31 heavy (non-hydrogen) atoms. The molecule has 11 heteroatoms. The maximum Gasteiger partial charge on any atom is 0.194 e. The molecule has 170 valence electrons. The highest BCUT2D eigenvalue weighted by Crippen LogP contribution is 2.19. The van der Waals surface area contributed by atoms with Gasteiger partial charge >= 0.3 is 0 Å². The lowest BCUT2D eigenvalue weighted by Crippen LogP contribution is -2.39. The highest BCUT2D eigenvalue weighted by atomic mass is 127. The summed E-state index contributed by atoms with van der Waals surface area (Å²) in [4.78, 5) is 15.5. The van der Waals surface area contributed by atoms with Crippen molar-refractivity contribution in [2.24, 2.45) is 19.1 Å². The first-order chi connectivity index (χ1) is 14.4. The quantitative estimate of drug-likeness (QED) is 0.196. The number of guanidine groups is 1. The highest BCUT2D eigenvalue weighted by Gasteiger charge is 2.15. The van der Waals surface area contributed by atoms with Crippen molar-refractivity contribution in [2.45, 2.75) is 33.2 Å². The number of aliphatic imine (C=N–C) groups is 1. The van der Waals surface area contributed by atoms with Crippen molar-refractivity contribution in [1.29, 1.82) is 0 Å². The maximum atomic E-state index is 4.77. The molecule has 2 N–H and O–H groups in total. The van der Waals surface area contributed by atoms with Crippen molar-refractivity contribution in [1.82, 2.24) is 39.7 Å². The SMILES string of the molecule is CCNC(=NCCNc1ncnc2c1cnn2C)N(C)Cc1cn(C)nc1C(C)C.I. The number of hydrogen-bond acceptors (Lipinski definition) is 6. The third kappa shape index (κ3) is 6.05. The molecule has 0 fully saturated rings. The van der Waals surface area contributed by atoms with Crippen LogP contribution < -0.4 is 10.6 Å². The Morgan fingerprint density at radius 3 is 2.74 bits per heavy atom. The summed E-state index contributed by atoms with van der Waals surface area (Å²) in [5.41, 5.74) is 3.16. The molecule has 0 saturated carbocycles. The first kappa shape index (κ1) is 24.8. The van der Waals surface area contributed by atoms with Gasteiger partial charge in [0.05, 0.1) is 23.8 Å². The van der Waals surface area contributed by atoms with Crippen LogP contribution in [0.5, 0.6) is 0 Å². The third-order valence-electron chi connectivity index (χ3n) is 4.78. The Morgan fingerprint density at radius 2 is 2.03 bits per heavy atom. The van der Waals surface area contributed by atoms with E-state index >= 15 is 0 Å². The average Bonchev–Trinajstić information content (AvgIpc) is 3.27. The van der Waals surface area contributed by atoms with E-state index in [1.165, 1.54) is 5.56 Å². The molecule has 0 saturated heterocycles. The van der Waals surface area contributed by atoms with Crippen molar-refractivity contribution in [3.05, 3.63) is 30.0 Å². The van der Waals surface area contributed by atoms with Gasteiger partial charge in [-0.3, -0.25) is 14.4 Å². The lowest BCUT2D eigenvalue weighted by molar-refractivity contribution is 0.474. The molecule has 10 nitrogen and oxygen atoms in total. The molecule has 0 atom stereocenters. The molecule has 0 amide bonds. The predicted octanol–water partition coefficient (Wildman–Crippen LogP) is 2.35. The van der Waals surface area contributed by atoms with Crippen molar-refractivity contribution >= 4 is 46.8 Å². The number of hydrogen-bond donors (Lipinski definition) is 2. The smallest absolute Gasteiger partial charge is 0.194 e. The summed E-state index contributed by atoms with van der Waals surface area (Å²) >= 11 is 0. The van der Waals surface area contributed by atoms with E-state index in [9.17, 15) is 0 Å². The number of aryl methyl sites for hydroxylation is 2. The van der Waals surface area contributed by atoms with Gasteiger partial charge < -0.3 is 15.5 Å². The van der Waals surface area contributed by atoms with Gasteiger partial charge in [-0.05, 0) is 12.8 Å². The van der Waals surface area contributed by atoms with Gasteiger partial charge in [0, 0.05) is 52.5 Å². The van der Waals surface area contributed by atoms with Crippen molar-refractivity contribution in [3.63, 3.8) is 0 Å². The molecule has 0 radical (unpaired) electrons. The van der Waals surface area contributed by atoms with Crippen LogP contribution in [0.3, 0.4) is 0 Å². The van der Waals surface area contributed by atoms with Crippen LogP contribution in [-0.4, -0.2) is 67.1 Å². The minimum atomic E-state index is 0. The molecule has 0 bridgehead atoms. The normalized spacial score (nSPS) is 11.6. The first-order valence-corrected chi connectivity index (χ1v) is 10.3. The number of aromatic nitrogens is 6. The van der Waals surface area contributed by atoms with E-state index in [1.807, 2.05) is 18.8 Å². The first-order valence-electron chi connectivity index (χ1n) is 10.3. The van der Waals surface area contributed by atoms with Gasteiger partial charge in [-0.2, -0.15) is 10.2 Å². The highest BCUT2D eigenvalue weighted by molar-refractivity contribution is 14.0. The van der Waals surface area contributed by atoms with Gasteiger partial charge in [-0.25, -0.2) is 9.97 Å². The van der Waals surface area contributed by atoms with Gasteiger partial charge in [0.15, 0.2) is 11.6 Å². The Hall–Kier alpha value is -2.44. The van der Waals surface area contributed by atoms with E-state index in [1.54, 1.807) is 17.2 Å². The zero-order valence-corrected chi connectivity index (χ0v) is 21.5. The number of rotatable bonds is 8. The van der Waals surface area contributed by atoms with E-state index in [2.05, 4.69) is 69.7 Å². The van der Waals surface area contributed by atoms with Gasteiger partial charge in [0.25, 0.3) is 0 Å². The molecule has 0 aromatic carbocycles. The van der Waals surface area contributed by atoms with Gasteiger partial charge in [0.2, 0.25) is 0 Å². The van der Waals surface area contributed by atoms with Gasteiger partial charge in [-0.15, -0.1) is 24.0 Å². The molecule has 3 aromatic rings. The summed E-state index contributed by atoms with van der Waals surface area (Å²) in [7, 11) is 5.89. The summed E-state index contributed by atoms with van der Waals surface area (Å²) in [6, 6.07) is 0. The van der Waals surface area contributed by atoms with E-state index in [0.29, 0.717) is 19.0 Å². The maximum absolute atomic E-state index is 4.77. The molecule has 3 heterocycles. The Balaban J connectivity index is 0.00000341. The molecule has 3 aromatic heterocycles. The molecule has 0 spiro atoms. The zero-order valence-electron chi connectivity index (χ0n) is 19.1. The van der Waals surface area contributed by atoms with Gasteiger partial charge in [0.1, 0.15) is 12.1 Å². The lowest BCUT2D eigenvalue weighted by atomic mass is 10.1. The summed E-state index contributed by atoms with van der Waals surface area (Å²) in [6.07, 6.45) is 5.41. The third-order valence-corrected chi connectivity index (χ3v) is 4.78. The number of fused-ring (bicyclic) bond motifs is 1. The fourth-order valence-electron chi connectivity index (χ4n) is 3.40. The number of halogens is 1. The summed E-state index contributed by atoms with van der Waals surface area (Å²) in [5.74, 6) is 2.03. The lowest BCUT2D eigenvalue weighted by Gasteiger charge is -2.22. The van der Waals surface area contributed by atoms with Crippen LogP contribution in [0, 0.1) is 0 Å². The van der Waals surface area contributed by atoms with Crippen molar-refractivity contribution < 1.29 is 0 Å². The van der Waals surface area contributed by atoms with E-state index in [4.69, 9.17) is 4.99 Å². The molecular formula is C20H33IN10. The van der Waals surface area contributed by atoms with Crippen molar-refractivity contribution in [2.75, 3.05) is 32.0 Å². The molecule has 0 aliphatic rings. The van der Waals surface area contributed by atoms with Crippen LogP contribution >= 0.6 is 24.0 Å². The number of nitrogens with one attached hydrogen (secondary N) is 2. The molecular weight excluding hydrogens is 507 g/mol. The predicted molar refractivity (Wildman–Crippen MR) is 135 cm³/mol. The van der Waals surface area contributed by atoms with E-state index in [0.717, 1.165) is 41.6 Å². The van der Waals surface area contributed by atoms with E-state index < -0.39 is 0 Å². The summed E-state index contributed by atoms with van der Waals surface area (Å²) < 4.78 is 3.62. The average molecular weight is 540 g/mol. The monoisotopic (exact) mass is 540 g/mol. The largest absolute Gasteiger partial charge is 0.367 e. The molecule has 3 rings (SSSR count). The summed E-state index contributed by atoms with van der Waals surface area (Å²) in [6.45, 7) is 9.25. The van der Waals surface area contributed by atoms with Crippen LogP contribution in [0.4, 0.5) is 5.82 Å². The van der Waals surface area contributed by atoms with Gasteiger partial charge in [-0.1, -0.05) is 13.8 Å². The molecule has 0 aliphatic carbocycles. The minimum absolute atomic E-state index is 0. The van der Waals surface area contributed by atoms with Crippen molar-refractivity contribution in [3.8, 4) is 0 Å². The van der Waals surface area contributed by atoms with Crippen LogP contribution in [0.25, 0.3) is 11.0 Å². The molecule has 0 aliphatic heterocycles. The Kier molecular flexibility index (Phi) is 9.01. The Bertz CT molecular complexity index is 1010. The fourth-order valence-corrected chi connectivity index (χ4v) is 3.40. The van der Waals surface area contributed by atoms with E-state index in [-0.39, 0.29) is 24.0 Å². The number of nitrogens with zero attached hydrogens (tertiary/aromatic N) is 8. The minimum Gasteiger partial charge on any atom is -0.367 e. The topological polar surface area (TPSA) is 101 Å². The zero-order chi connectivity index (χ0) is 21.7. The van der Waals surface area contributed by atoms with Crippen LogP contribution in [0.2, 0.25) is 0 Å². The fraction of sp³-hybridized carbons (Fsp3) is 0.550. The van der Waals surface area contributed by atoms with Crippen LogP contribution in [-0.2, 0) is 20.6 Å². The Morgan fingerprint density at radius 1 is 1.26 bits per heavy atom. The summed E-state index contributed by atoms with van der Waals surface area (Å²) in [5, 5.41) is 16.5.